The van der Waals surface area contributed by atoms with E-state index in [1.165, 1.54) is 10.9 Å². The molecular weight excluding hydrogens is 266 g/mol. The summed E-state index contributed by atoms with van der Waals surface area (Å²) in [6, 6.07) is 15.8. The molecule has 0 saturated heterocycles. The maximum Gasteiger partial charge on any atom is 0.253 e. The molecule has 1 aromatic heterocycles. The second kappa shape index (κ2) is 5.47. The van der Waals surface area contributed by atoms with Crippen LogP contribution in [0.2, 0.25) is 0 Å². The lowest BCUT2D eigenvalue weighted by Gasteiger charge is -2.06. The van der Waals surface area contributed by atoms with E-state index >= 15 is 0 Å². The molecule has 3 rings (SSSR count). The highest BCUT2D eigenvalue weighted by molar-refractivity contribution is 7.17. The number of fused-ring (bicyclic) bond motifs is 1. The van der Waals surface area contributed by atoms with Gasteiger partial charge in [-0.15, -0.1) is 11.3 Å². The van der Waals surface area contributed by atoms with Gasteiger partial charge in [0.1, 0.15) is 0 Å². The van der Waals surface area contributed by atoms with Gasteiger partial charge in [0.05, 0.1) is 5.56 Å². The van der Waals surface area contributed by atoms with E-state index in [4.69, 9.17) is 0 Å². The van der Waals surface area contributed by atoms with Gasteiger partial charge in [-0.1, -0.05) is 42.5 Å². The number of carbonyl (C=O) groups excluding carboxylic acids is 1. The third-order valence-corrected chi connectivity index (χ3v) is 4.48. The first-order valence-electron chi connectivity index (χ1n) is 6.54. The second-order valence-corrected chi connectivity index (χ2v) is 5.65. The smallest absolute Gasteiger partial charge is 0.253 e. The molecule has 3 aromatic rings. The van der Waals surface area contributed by atoms with Crippen LogP contribution in [0.5, 0.6) is 0 Å². The maximum atomic E-state index is 12.3. The van der Waals surface area contributed by atoms with Crippen molar-refractivity contribution in [3.63, 3.8) is 0 Å². The third-order valence-electron chi connectivity index (χ3n) is 3.33. The van der Waals surface area contributed by atoms with Crippen LogP contribution in [0.1, 0.15) is 21.5 Å². The molecule has 0 saturated carbocycles. The first-order valence-corrected chi connectivity index (χ1v) is 7.42. The zero-order valence-corrected chi connectivity index (χ0v) is 12.0. The van der Waals surface area contributed by atoms with Crippen LogP contribution < -0.4 is 5.32 Å². The van der Waals surface area contributed by atoms with Crippen LogP contribution in [0.15, 0.2) is 53.9 Å². The number of carbonyl (C=O) groups is 1. The Morgan fingerprint density at radius 1 is 1.10 bits per heavy atom. The van der Waals surface area contributed by atoms with Gasteiger partial charge in [-0.05, 0) is 34.9 Å². The number of nitrogens with one attached hydrogen (secondary N) is 1. The predicted molar refractivity (Wildman–Crippen MR) is 84.2 cm³/mol. The fourth-order valence-electron chi connectivity index (χ4n) is 2.24. The number of hydrogen-bond donors (Lipinski definition) is 1. The van der Waals surface area contributed by atoms with E-state index in [-0.39, 0.29) is 5.91 Å². The Kier molecular flexibility index (Phi) is 3.52. The number of rotatable bonds is 3. The van der Waals surface area contributed by atoms with Crippen molar-refractivity contribution < 1.29 is 4.79 Å². The lowest BCUT2D eigenvalue weighted by atomic mass is 10.1. The van der Waals surface area contributed by atoms with E-state index in [1.807, 2.05) is 42.5 Å². The minimum Gasteiger partial charge on any atom is -0.348 e. The Balaban J connectivity index is 1.82. The molecule has 3 heteroatoms. The molecule has 0 unspecified atom stereocenters. The summed E-state index contributed by atoms with van der Waals surface area (Å²) in [7, 11) is 0. The molecule has 0 spiro atoms. The standard InChI is InChI=1S/C17H15NOS/c1-12-11-20-16-14(12)8-5-9-15(16)17(19)18-10-13-6-3-2-4-7-13/h2-9,11H,10H2,1H3,(H,18,19). The Morgan fingerprint density at radius 3 is 2.70 bits per heavy atom. The van der Waals surface area contributed by atoms with Gasteiger partial charge >= 0.3 is 0 Å². The normalized spacial score (nSPS) is 10.7. The largest absolute Gasteiger partial charge is 0.348 e. The van der Waals surface area contributed by atoms with Crippen LogP contribution in [-0.2, 0) is 6.54 Å². The van der Waals surface area contributed by atoms with Crippen molar-refractivity contribution in [2.75, 3.05) is 0 Å². The molecule has 1 amide bonds. The lowest BCUT2D eigenvalue weighted by Crippen LogP contribution is -2.22. The van der Waals surface area contributed by atoms with Crippen molar-refractivity contribution in [1.82, 2.24) is 5.32 Å². The van der Waals surface area contributed by atoms with Crippen LogP contribution in [0, 0.1) is 6.92 Å². The van der Waals surface area contributed by atoms with Crippen molar-refractivity contribution in [3.8, 4) is 0 Å². The number of amides is 1. The zero-order valence-electron chi connectivity index (χ0n) is 11.2. The van der Waals surface area contributed by atoms with E-state index in [2.05, 4.69) is 23.7 Å². The van der Waals surface area contributed by atoms with Crippen molar-refractivity contribution in [1.29, 1.82) is 0 Å². The van der Waals surface area contributed by atoms with Gasteiger partial charge in [0.2, 0.25) is 0 Å². The molecule has 0 aliphatic carbocycles. The highest BCUT2D eigenvalue weighted by Gasteiger charge is 2.11. The lowest BCUT2D eigenvalue weighted by molar-refractivity contribution is 0.0952. The zero-order chi connectivity index (χ0) is 13.9. The van der Waals surface area contributed by atoms with Crippen molar-refractivity contribution in [2.24, 2.45) is 0 Å². The Bertz CT molecular complexity index is 746. The van der Waals surface area contributed by atoms with Crippen molar-refractivity contribution >= 4 is 27.3 Å². The second-order valence-electron chi connectivity index (χ2n) is 4.77. The summed E-state index contributed by atoms with van der Waals surface area (Å²) >= 11 is 1.63. The Morgan fingerprint density at radius 2 is 1.90 bits per heavy atom. The fourth-order valence-corrected chi connectivity index (χ4v) is 3.30. The van der Waals surface area contributed by atoms with Crippen LogP contribution in [0.4, 0.5) is 0 Å². The van der Waals surface area contributed by atoms with E-state index in [0.717, 1.165) is 15.8 Å². The molecule has 0 fully saturated rings. The average Bonchev–Trinajstić information content (AvgIpc) is 2.87. The summed E-state index contributed by atoms with van der Waals surface area (Å²) in [6.07, 6.45) is 0. The van der Waals surface area contributed by atoms with Crippen LogP contribution >= 0.6 is 11.3 Å². The number of thiophene rings is 1. The van der Waals surface area contributed by atoms with Crippen molar-refractivity contribution in [2.45, 2.75) is 13.5 Å². The minimum atomic E-state index is -0.0127. The first-order chi connectivity index (χ1) is 9.75. The highest BCUT2D eigenvalue weighted by Crippen LogP contribution is 2.28. The molecule has 20 heavy (non-hydrogen) atoms. The molecule has 0 radical (unpaired) electrons. The topological polar surface area (TPSA) is 29.1 Å². The first kappa shape index (κ1) is 12.9. The molecule has 1 heterocycles. The SMILES string of the molecule is Cc1csc2c(C(=O)NCc3ccccc3)cccc12. The molecule has 0 bridgehead atoms. The number of hydrogen-bond acceptors (Lipinski definition) is 2. The Labute approximate surface area is 122 Å². The monoisotopic (exact) mass is 281 g/mol. The van der Waals surface area contributed by atoms with E-state index in [1.54, 1.807) is 11.3 Å². The van der Waals surface area contributed by atoms with Crippen LogP contribution in [0.3, 0.4) is 0 Å². The molecule has 2 aromatic carbocycles. The predicted octanol–water partition coefficient (Wildman–Crippen LogP) is 4.14. The van der Waals surface area contributed by atoms with Crippen LogP contribution in [0.25, 0.3) is 10.1 Å². The molecule has 2 nitrogen and oxygen atoms in total. The summed E-state index contributed by atoms with van der Waals surface area (Å²) < 4.78 is 1.07. The molecule has 0 atom stereocenters. The fraction of sp³-hybridized carbons (Fsp3) is 0.118. The van der Waals surface area contributed by atoms with Crippen LogP contribution in [-0.4, -0.2) is 5.91 Å². The summed E-state index contributed by atoms with van der Waals surface area (Å²) in [5.74, 6) is -0.0127. The van der Waals surface area contributed by atoms with E-state index in [9.17, 15) is 4.79 Å². The summed E-state index contributed by atoms with van der Waals surface area (Å²) in [5.41, 5.74) is 3.09. The molecule has 1 N–H and O–H groups in total. The molecule has 0 aliphatic heterocycles. The van der Waals surface area contributed by atoms with E-state index in [0.29, 0.717) is 6.54 Å². The maximum absolute atomic E-state index is 12.3. The third kappa shape index (κ3) is 2.45. The van der Waals surface area contributed by atoms with Gasteiger partial charge in [-0.3, -0.25) is 4.79 Å². The van der Waals surface area contributed by atoms with Gasteiger partial charge < -0.3 is 5.32 Å². The van der Waals surface area contributed by atoms with Gasteiger partial charge in [-0.25, -0.2) is 0 Å². The molecule has 0 aliphatic rings. The van der Waals surface area contributed by atoms with Gasteiger partial charge in [-0.2, -0.15) is 0 Å². The summed E-state index contributed by atoms with van der Waals surface area (Å²) in [6.45, 7) is 2.63. The molecular formula is C17H15NOS. The summed E-state index contributed by atoms with van der Waals surface area (Å²) in [5, 5.41) is 6.25. The van der Waals surface area contributed by atoms with E-state index < -0.39 is 0 Å². The Hall–Kier alpha value is -2.13. The molecule has 100 valence electrons. The number of benzene rings is 2. The van der Waals surface area contributed by atoms with Crippen molar-refractivity contribution in [3.05, 3.63) is 70.6 Å². The average molecular weight is 281 g/mol. The quantitative estimate of drug-likeness (QED) is 0.768. The van der Waals surface area contributed by atoms with Gasteiger partial charge in [0.25, 0.3) is 5.91 Å². The highest BCUT2D eigenvalue weighted by atomic mass is 32.1. The van der Waals surface area contributed by atoms with Gasteiger partial charge in [0, 0.05) is 11.2 Å². The summed E-state index contributed by atoms with van der Waals surface area (Å²) in [4.78, 5) is 12.3. The minimum absolute atomic E-state index is 0.0127. The van der Waals surface area contributed by atoms with Gasteiger partial charge in [0.15, 0.2) is 0 Å². The number of aryl methyl sites for hydroxylation is 1.